The van der Waals surface area contributed by atoms with Crippen molar-refractivity contribution in [3.8, 4) is 11.5 Å². The average Bonchev–Trinajstić information content (AvgIpc) is 2.62. The molecule has 1 fully saturated rings. The molecule has 0 N–H and O–H groups in total. The van der Waals surface area contributed by atoms with Crippen LogP contribution in [0.3, 0.4) is 0 Å². The van der Waals surface area contributed by atoms with Crippen LogP contribution < -0.4 is 9.47 Å². The second-order valence-corrected chi connectivity index (χ2v) is 5.51. The van der Waals surface area contributed by atoms with Gasteiger partial charge in [-0.1, -0.05) is 29.8 Å². The summed E-state index contributed by atoms with van der Waals surface area (Å²) in [7, 11) is 0. The Labute approximate surface area is 136 Å². The minimum atomic E-state index is -0.248. The van der Waals surface area contributed by atoms with Crippen LogP contribution >= 0.6 is 0 Å². The van der Waals surface area contributed by atoms with Crippen molar-refractivity contribution in [2.75, 3.05) is 26.4 Å². The number of hydrogen-bond acceptors (Lipinski definition) is 4. The Hall–Kier alpha value is -2.04. The molecule has 0 bridgehead atoms. The highest BCUT2D eigenvalue weighted by Gasteiger charge is 2.16. The van der Waals surface area contributed by atoms with Crippen LogP contribution in [0.4, 0.5) is 0 Å². The van der Waals surface area contributed by atoms with Gasteiger partial charge in [-0.25, -0.2) is 0 Å². The van der Waals surface area contributed by atoms with E-state index < -0.39 is 0 Å². The van der Waals surface area contributed by atoms with Gasteiger partial charge in [0.1, 0.15) is 24.7 Å². The molecule has 3 rings (SSSR count). The number of benzene rings is 2. The largest absolute Gasteiger partial charge is 0.490 e. The van der Waals surface area contributed by atoms with Gasteiger partial charge in [-0.3, -0.25) is 0 Å². The molecule has 4 nitrogen and oxygen atoms in total. The van der Waals surface area contributed by atoms with Crippen LogP contribution in [0.15, 0.2) is 48.5 Å². The maximum absolute atomic E-state index is 5.69. The van der Waals surface area contributed by atoms with Crippen LogP contribution in [-0.2, 0) is 9.47 Å². The van der Waals surface area contributed by atoms with Gasteiger partial charge in [0.15, 0.2) is 6.29 Å². The van der Waals surface area contributed by atoms with Gasteiger partial charge < -0.3 is 18.9 Å². The van der Waals surface area contributed by atoms with Crippen molar-refractivity contribution >= 4 is 0 Å². The van der Waals surface area contributed by atoms with Gasteiger partial charge in [0.05, 0.1) is 13.2 Å². The minimum absolute atomic E-state index is 0.248. The Kier molecular flexibility index (Phi) is 5.51. The van der Waals surface area contributed by atoms with E-state index in [4.69, 9.17) is 18.9 Å². The van der Waals surface area contributed by atoms with E-state index >= 15 is 0 Å². The summed E-state index contributed by atoms with van der Waals surface area (Å²) >= 11 is 0. The Morgan fingerprint density at radius 2 is 1.35 bits per heavy atom. The fraction of sp³-hybridized carbons (Fsp3) is 0.368. The van der Waals surface area contributed by atoms with Gasteiger partial charge in [-0.05, 0) is 37.6 Å². The lowest BCUT2D eigenvalue weighted by Crippen LogP contribution is -2.17. The molecule has 0 saturated carbocycles. The second kappa shape index (κ2) is 7.99. The predicted octanol–water partition coefficient (Wildman–Crippen LogP) is 3.89. The summed E-state index contributed by atoms with van der Waals surface area (Å²) < 4.78 is 22.5. The Balaban J connectivity index is 1.42. The molecule has 1 aliphatic rings. The highest BCUT2D eigenvalue weighted by molar-refractivity contribution is 5.28. The second-order valence-electron chi connectivity index (χ2n) is 5.51. The monoisotopic (exact) mass is 314 g/mol. The molecule has 0 radical (unpaired) electrons. The van der Waals surface area contributed by atoms with Gasteiger partial charge in [0, 0.05) is 5.56 Å². The van der Waals surface area contributed by atoms with E-state index in [0.717, 1.165) is 36.7 Å². The molecule has 23 heavy (non-hydrogen) atoms. The van der Waals surface area contributed by atoms with E-state index in [-0.39, 0.29) is 6.29 Å². The molecule has 0 amide bonds. The third kappa shape index (κ3) is 4.71. The number of rotatable bonds is 6. The third-order valence-electron chi connectivity index (χ3n) is 3.62. The first-order valence-electron chi connectivity index (χ1n) is 7.97. The maximum Gasteiger partial charge on any atom is 0.183 e. The fourth-order valence-corrected chi connectivity index (χ4v) is 2.35. The highest BCUT2D eigenvalue weighted by atomic mass is 16.7. The van der Waals surface area contributed by atoms with Crippen molar-refractivity contribution in [3.05, 3.63) is 59.7 Å². The summed E-state index contributed by atoms with van der Waals surface area (Å²) in [5.74, 6) is 1.68. The lowest BCUT2D eigenvalue weighted by molar-refractivity contribution is -0.183. The summed E-state index contributed by atoms with van der Waals surface area (Å²) in [5.41, 5.74) is 2.24. The van der Waals surface area contributed by atoms with Crippen LogP contribution in [-0.4, -0.2) is 26.4 Å². The maximum atomic E-state index is 5.69. The molecular weight excluding hydrogens is 292 g/mol. The quantitative estimate of drug-likeness (QED) is 0.758. The first kappa shape index (κ1) is 15.8. The Bertz CT molecular complexity index is 586. The minimum Gasteiger partial charge on any atom is -0.490 e. The number of hydrogen-bond donors (Lipinski definition) is 0. The summed E-state index contributed by atoms with van der Waals surface area (Å²) in [6, 6.07) is 15.8. The van der Waals surface area contributed by atoms with Gasteiger partial charge in [0.2, 0.25) is 0 Å². The Morgan fingerprint density at radius 3 is 1.91 bits per heavy atom. The molecule has 2 aromatic rings. The average molecular weight is 314 g/mol. The summed E-state index contributed by atoms with van der Waals surface area (Å²) in [6.45, 7) is 4.57. The standard InChI is InChI=1S/C19H22O4/c1-15-3-7-17(8-4-15)20-13-14-21-18-9-5-16(6-10-18)19-22-11-2-12-23-19/h3-10,19H,2,11-14H2,1H3. The summed E-state index contributed by atoms with van der Waals surface area (Å²) in [4.78, 5) is 0. The van der Waals surface area contributed by atoms with E-state index in [2.05, 4.69) is 6.92 Å². The van der Waals surface area contributed by atoms with Crippen molar-refractivity contribution in [1.82, 2.24) is 0 Å². The highest BCUT2D eigenvalue weighted by Crippen LogP contribution is 2.24. The van der Waals surface area contributed by atoms with Gasteiger partial charge in [-0.15, -0.1) is 0 Å². The smallest absolute Gasteiger partial charge is 0.183 e. The molecular formula is C19H22O4. The van der Waals surface area contributed by atoms with E-state index in [1.165, 1.54) is 5.56 Å². The van der Waals surface area contributed by atoms with Crippen LogP contribution in [0.5, 0.6) is 11.5 Å². The zero-order valence-electron chi connectivity index (χ0n) is 13.4. The molecule has 0 aliphatic carbocycles. The molecule has 122 valence electrons. The Morgan fingerprint density at radius 1 is 0.826 bits per heavy atom. The van der Waals surface area contributed by atoms with Crippen LogP contribution in [0.2, 0.25) is 0 Å². The SMILES string of the molecule is Cc1ccc(OCCOc2ccc(C3OCCCO3)cc2)cc1. The summed E-state index contributed by atoms with van der Waals surface area (Å²) in [6.07, 6.45) is 0.709. The van der Waals surface area contributed by atoms with Crippen molar-refractivity contribution in [2.45, 2.75) is 19.6 Å². The first-order chi connectivity index (χ1) is 11.3. The number of ether oxygens (including phenoxy) is 4. The van der Waals surface area contributed by atoms with Crippen molar-refractivity contribution in [2.24, 2.45) is 0 Å². The van der Waals surface area contributed by atoms with Gasteiger partial charge >= 0.3 is 0 Å². The zero-order valence-corrected chi connectivity index (χ0v) is 13.4. The zero-order chi connectivity index (χ0) is 15.9. The lowest BCUT2D eigenvalue weighted by Gasteiger charge is -2.23. The summed E-state index contributed by atoms with van der Waals surface area (Å²) in [5, 5.41) is 0. The molecule has 0 atom stereocenters. The lowest BCUT2D eigenvalue weighted by atomic mass is 10.2. The van der Waals surface area contributed by atoms with Crippen LogP contribution in [0.1, 0.15) is 23.8 Å². The van der Waals surface area contributed by atoms with Crippen LogP contribution in [0.25, 0.3) is 0 Å². The molecule has 1 aliphatic heterocycles. The fourth-order valence-electron chi connectivity index (χ4n) is 2.35. The van der Waals surface area contributed by atoms with Crippen molar-refractivity contribution < 1.29 is 18.9 Å². The van der Waals surface area contributed by atoms with E-state index in [9.17, 15) is 0 Å². The van der Waals surface area contributed by atoms with E-state index in [0.29, 0.717) is 13.2 Å². The van der Waals surface area contributed by atoms with Crippen LogP contribution in [0, 0.1) is 6.92 Å². The molecule has 0 unspecified atom stereocenters. The van der Waals surface area contributed by atoms with Gasteiger partial charge in [0.25, 0.3) is 0 Å². The molecule has 1 heterocycles. The van der Waals surface area contributed by atoms with E-state index in [1.54, 1.807) is 0 Å². The first-order valence-corrected chi connectivity index (χ1v) is 7.97. The third-order valence-corrected chi connectivity index (χ3v) is 3.62. The molecule has 0 spiro atoms. The topological polar surface area (TPSA) is 36.9 Å². The van der Waals surface area contributed by atoms with E-state index in [1.807, 2.05) is 48.5 Å². The molecule has 1 saturated heterocycles. The molecule has 0 aromatic heterocycles. The van der Waals surface area contributed by atoms with Crippen molar-refractivity contribution in [3.63, 3.8) is 0 Å². The molecule has 2 aromatic carbocycles. The molecule has 4 heteroatoms. The normalized spacial score (nSPS) is 15.3. The van der Waals surface area contributed by atoms with Crippen molar-refractivity contribution in [1.29, 1.82) is 0 Å². The van der Waals surface area contributed by atoms with Gasteiger partial charge in [-0.2, -0.15) is 0 Å². The number of aryl methyl sites for hydroxylation is 1. The predicted molar refractivity (Wildman–Crippen MR) is 87.9 cm³/mol.